The minimum Gasteiger partial charge on any atom is -0.394 e. The van der Waals surface area contributed by atoms with Crippen molar-refractivity contribution in [3.63, 3.8) is 0 Å². The number of nitrogens with one attached hydrogen (secondary N) is 1. The summed E-state index contributed by atoms with van der Waals surface area (Å²) in [5.74, 6) is 0. The number of hydrogen-bond donors (Lipinski definition) is 2. The normalized spacial score (nSPS) is 17.8. The number of methoxy groups -OCH3 is 1. The number of ether oxygens (including phenoxy) is 1. The molecular weight excluding hydrogens is 178 g/mol. The van der Waals surface area contributed by atoms with Gasteiger partial charge in [0.05, 0.1) is 13.2 Å². The molecule has 86 valence electrons. The lowest BCUT2D eigenvalue weighted by Gasteiger charge is -2.33. The zero-order chi connectivity index (χ0) is 11.0. The van der Waals surface area contributed by atoms with Crippen LogP contribution in [-0.4, -0.2) is 37.0 Å². The molecule has 3 heteroatoms. The minimum absolute atomic E-state index is 0.159. The fourth-order valence-corrected chi connectivity index (χ4v) is 1.70. The molecule has 0 aromatic carbocycles. The molecule has 2 N–H and O–H groups in total. The van der Waals surface area contributed by atoms with Crippen LogP contribution >= 0.6 is 0 Å². The van der Waals surface area contributed by atoms with Crippen LogP contribution in [0, 0.1) is 0 Å². The van der Waals surface area contributed by atoms with Gasteiger partial charge < -0.3 is 15.2 Å². The maximum Gasteiger partial charge on any atom is 0.0615 e. The molecule has 0 aliphatic heterocycles. The fourth-order valence-electron chi connectivity index (χ4n) is 1.70. The van der Waals surface area contributed by atoms with Gasteiger partial charge in [-0.3, -0.25) is 0 Å². The van der Waals surface area contributed by atoms with E-state index in [1.807, 2.05) is 0 Å². The molecule has 0 aromatic heterocycles. The summed E-state index contributed by atoms with van der Waals surface area (Å²) in [4.78, 5) is 0. The molecule has 3 nitrogen and oxygen atoms in total. The van der Waals surface area contributed by atoms with Crippen molar-refractivity contribution in [2.24, 2.45) is 0 Å². The van der Waals surface area contributed by atoms with Crippen LogP contribution in [0.4, 0.5) is 0 Å². The maximum atomic E-state index is 9.33. The first kappa shape index (κ1) is 13.9. The summed E-state index contributed by atoms with van der Waals surface area (Å²) >= 11 is 0. The van der Waals surface area contributed by atoms with Crippen molar-refractivity contribution in [2.45, 2.75) is 51.6 Å². The second-order valence-corrected chi connectivity index (χ2v) is 4.17. The van der Waals surface area contributed by atoms with E-state index in [4.69, 9.17) is 4.74 Å². The second-order valence-electron chi connectivity index (χ2n) is 4.17. The standard InChI is InChI=1S/C11H25NO2/c1-5-7-11(3,9-13)12-10(6-2)8-14-4/h10,12-13H,5-9H2,1-4H3. The summed E-state index contributed by atoms with van der Waals surface area (Å²) < 4.78 is 5.12. The monoisotopic (exact) mass is 203 g/mol. The Labute approximate surface area is 87.8 Å². The average Bonchev–Trinajstić information content (AvgIpc) is 2.17. The predicted molar refractivity (Wildman–Crippen MR) is 59.5 cm³/mol. The molecule has 0 fully saturated rings. The van der Waals surface area contributed by atoms with Gasteiger partial charge in [0.1, 0.15) is 0 Å². The first-order chi connectivity index (χ1) is 6.61. The average molecular weight is 203 g/mol. The van der Waals surface area contributed by atoms with Crippen LogP contribution in [0.25, 0.3) is 0 Å². The highest BCUT2D eigenvalue weighted by atomic mass is 16.5. The van der Waals surface area contributed by atoms with E-state index in [0.717, 1.165) is 19.3 Å². The second kappa shape index (κ2) is 7.21. The van der Waals surface area contributed by atoms with E-state index in [1.165, 1.54) is 0 Å². The Morgan fingerprint density at radius 2 is 2.07 bits per heavy atom. The minimum atomic E-state index is -0.159. The fraction of sp³-hybridized carbons (Fsp3) is 1.00. The van der Waals surface area contributed by atoms with Crippen LogP contribution < -0.4 is 5.32 Å². The molecule has 14 heavy (non-hydrogen) atoms. The third kappa shape index (κ3) is 4.94. The Morgan fingerprint density at radius 3 is 2.43 bits per heavy atom. The third-order valence-electron chi connectivity index (χ3n) is 2.56. The van der Waals surface area contributed by atoms with E-state index in [9.17, 15) is 5.11 Å². The van der Waals surface area contributed by atoms with Gasteiger partial charge in [0.2, 0.25) is 0 Å². The Kier molecular flexibility index (Phi) is 7.15. The van der Waals surface area contributed by atoms with E-state index in [0.29, 0.717) is 12.6 Å². The molecule has 0 aliphatic rings. The van der Waals surface area contributed by atoms with Crippen LogP contribution in [0.3, 0.4) is 0 Å². The van der Waals surface area contributed by atoms with E-state index in [-0.39, 0.29) is 12.1 Å². The molecular formula is C11H25NO2. The number of aliphatic hydroxyl groups is 1. The summed E-state index contributed by atoms with van der Waals surface area (Å²) in [7, 11) is 1.71. The van der Waals surface area contributed by atoms with Gasteiger partial charge in [-0.05, 0) is 19.8 Å². The Morgan fingerprint density at radius 1 is 1.43 bits per heavy atom. The van der Waals surface area contributed by atoms with Gasteiger partial charge in [-0.2, -0.15) is 0 Å². The predicted octanol–water partition coefficient (Wildman–Crippen LogP) is 1.55. The number of aliphatic hydroxyl groups excluding tert-OH is 1. The molecule has 0 bridgehead atoms. The maximum absolute atomic E-state index is 9.33. The summed E-state index contributed by atoms with van der Waals surface area (Å²) in [6.45, 7) is 7.21. The molecule has 2 atom stereocenters. The number of rotatable bonds is 8. The van der Waals surface area contributed by atoms with Crippen LogP contribution in [0.2, 0.25) is 0 Å². The van der Waals surface area contributed by atoms with E-state index < -0.39 is 0 Å². The lowest BCUT2D eigenvalue weighted by Crippen LogP contribution is -2.52. The van der Waals surface area contributed by atoms with Gasteiger partial charge in [0.15, 0.2) is 0 Å². The molecule has 0 aromatic rings. The van der Waals surface area contributed by atoms with Crippen molar-refractivity contribution in [3.05, 3.63) is 0 Å². The van der Waals surface area contributed by atoms with Crippen molar-refractivity contribution < 1.29 is 9.84 Å². The van der Waals surface area contributed by atoms with Gasteiger partial charge in [0, 0.05) is 18.7 Å². The van der Waals surface area contributed by atoms with Crippen LogP contribution in [0.1, 0.15) is 40.0 Å². The Balaban J connectivity index is 4.11. The van der Waals surface area contributed by atoms with Crippen molar-refractivity contribution in [2.75, 3.05) is 20.3 Å². The summed E-state index contributed by atoms with van der Waals surface area (Å²) in [6, 6.07) is 0.337. The molecule has 0 rings (SSSR count). The zero-order valence-electron chi connectivity index (χ0n) is 9.97. The van der Waals surface area contributed by atoms with Crippen LogP contribution in [0.15, 0.2) is 0 Å². The molecule has 0 saturated heterocycles. The molecule has 2 unspecified atom stereocenters. The zero-order valence-corrected chi connectivity index (χ0v) is 9.97. The van der Waals surface area contributed by atoms with E-state index >= 15 is 0 Å². The van der Waals surface area contributed by atoms with Gasteiger partial charge in [0.25, 0.3) is 0 Å². The van der Waals surface area contributed by atoms with Gasteiger partial charge in [-0.15, -0.1) is 0 Å². The first-order valence-corrected chi connectivity index (χ1v) is 5.49. The van der Waals surface area contributed by atoms with Crippen molar-refractivity contribution in [1.29, 1.82) is 0 Å². The smallest absolute Gasteiger partial charge is 0.0615 e. The highest BCUT2D eigenvalue weighted by Crippen LogP contribution is 2.13. The van der Waals surface area contributed by atoms with E-state index in [1.54, 1.807) is 7.11 Å². The van der Waals surface area contributed by atoms with Crippen molar-refractivity contribution in [3.8, 4) is 0 Å². The van der Waals surface area contributed by atoms with Gasteiger partial charge in [-0.25, -0.2) is 0 Å². The molecule has 0 spiro atoms. The molecule has 0 aliphatic carbocycles. The number of hydrogen-bond acceptors (Lipinski definition) is 3. The molecule has 0 saturated carbocycles. The summed E-state index contributed by atoms with van der Waals surface area (Å²) in [5.41, 5.74) is -0.159. The topological polar surface area (TPSA) is 41.5 Å². The molecule has 0 amide bonds. The third-order valence-corrected chi connectivity index (χ3v) is 2.56. The molecule has 0 radical (unpaired) electrons. The highest BCUT2D eigenvalue weighted by Gasteiger charge is 2.24. The lowest BCUT2D eigenvalue weighted by molar-refractivity contribution is 0.109. The first-order valence-electron chi connectivity index (χ1n) is 5.49. The van der Waals surface area contributed by atoms with Crippen molar-refractivity contribution >= 4 is 0 Å². The Hall–Kier alpha value is -0.120. The quantitative estimate of drug-likeness (QED) is 0.629. The van der Waals surface area contributed by atoms with Gasteiger partial charge >= 0.3 is 0 Å². The molecule has 0 heterocycles. The van der Waals surface area contributed by atoms with Crippen LogP contribution in [-0.2, 0) is 4.74 Å². The summed E-state index contributed by atoms with van der Waals surface area (Å²) in [6.07, 6.45) is 3.09. The highest BCUT2D eigenvalue weighted by molar-refractivity contribution is 4.85. The van der Waals surface area contributed by atoms with Crippen molar-refractivity contribution in [1.82, 2.24) is 5.32 Å². The summed E-state index contributed by atoms with van der Waals surface area (Å²) in [5, 5.41) is 12.8. The Bertz CT molecular complexity index is 141. The largest absolute Gasteiger partial charge is 0.394 e. The van der Waals surface area contributed by atoms with Gasteiger partial charge in [-0.1, -0.05) is 20.3 Å². The lowest BCUT2D eigenvalue weighted by atomic mass is 9.95. The van der Waals surface area contributed by atoms with Crippen LogP contribution in [0.5, 0.6) is 0 Å². The van der Waals surface area contributed by atoms with E-state index in [2.05, 4.69) is 26.1 Å². The SMILES string of the molecule is CCCC(C)(CO)NC(CC)COC.